The Labute approximate surface area is 194 Å². The molecule has 0 atom stereocenters. The van der Waals surface area contributed by atoms with Gasteiger partial charge in [-0.1, -0.05) is 65.7 Å². The van der Waals surface area contributed by atoms with Crippen LogP contribution in [0.4, 0.5) is 5.69 Å². The average Bonchev–Trinajstić information content (AvgIpc) is 2.75. The molecule has 0 unspecified atom stereocenters. The first-order valence-electron chi connectivity index (χ1n) is 10.2. The van der Waals surface area contributed by atoms with Crippen molar-refractivity contribution in [2.75, 3.05) is 5.32 Å². The van der Waals surface area contributed by atoms with Crippen LogP contribution >= 0.6 is 11.8 Å². The van der Waals surface area contributed by atoms with E-state index >= 15 is 0 Å². The van der Waals surface area contributed by atoms with Crippen molar-refractivity contribution >= 4 is 27.3 Å². The number of allylic oxidation sites excluding steroid dienone is 1. The fourth-order valence-corrected chi connectivity index (χ4v) is 6.07. The van der Waals surface area contributed by atoms with E-state index in [1.165, 1.54) is 23.9 Å². The highest BCUT2D eigenvalue weighted by Crippen LogP contribution is 2.33. The summed E-state index contributed by atoms with van der Waals surface area (Å²) in [5.74, 6) is 0.531. The molecule has 0 aliphatic carbocycles. The van der Waals surface area contributed by atoms with Crippen LogP contribution in [0.5, 0.6) is 0 Å². The maximum absolute atomic E-state index is 13.4. The molecule has 6 heteroatoms. The maximum Gasteiger partial charge on any atom is 0.219 e. The quantitative estimate of drug-likeness (QED) is 0.410. The number of hydrogen-bond donors (Lipinski definition) is 1. The van der Waals surface area contributed by atoms with Crippen LogP contribution in [0.1, 0.15) is 27.8 Å². The molecule has 3 rings (SSSR count). The molecule has 0 saturated carbocycles. The number of thioether (sulfide) groups is 1. The lowest BCUT2D eigenvalue weighted by atomic mass is 10.1. The lowest BCUT2D eigenvalue weighted by Gasteiger charge is -2.18. The number of nitriles is 1. The summed E-state index contributed by atoms with van der Waals surface area (Å²) in [5, 5.41) is 13.6. The first-order chi connectivity index (χ1) is 15.2. The van der Waals surface area contributed by atoms with Crippen LogP contribution in [0.3, 0.4) is 0 Å². The second-order valence-electron chi connectivity index (χ2n) is 7.76. The third-order valence-electron chi connectivity index (χ3n) is 5.01. The number of nitrogens with zero attached hydrogens (tertiary/aromatic N) is 1. The molecule has 0 radical (unpaired) electrons. The Morgan fingerprint density at radius 2 is 1.56 bits per heavy atom. The Morgan fingerprint density at radius 1 is 0.906 bits per heavy atom. The van der Waals surface area contributed by atoms with Crippen LogP contribution < -0.4 is 5.32 Å². The Kier molecular flexibility index (Phi) is 7.44. The van der Waals surface area contributed by atoms with Gasteiger partial charge in [-0.3, -0.25) is 0 Å². The topological polar surface area (TPSA) is 70.0 Å². The zero-order chi connectivity index (χ0) is 23.3. The number of hydrogen-bond acceptors (Lipinski definition) is 5. The molecule has 0 heterocycles. The highest BCUT2D eigenvalue weighted by molar-refractivity contribution is 8.04. The van der Waals surface area contributed by atoms with Gasteiger partial charge >= 0.3 is 0 Å². The summed E-state index contributed by atoms with van der Waals surface area (Å²) in [7, 11) is -3.98. The predicted octanol–water partition coefficient (Wildman–Crippen LogP) is 6.43. The van der Waals surface area contributed by atoms with Crippen molar-refractivity contribution in [3.63, 3.8) is 0 Å². The highest BCUT2D eigenvalue weighted by Gasteiger charge is 2.26. The zero-order valence-corrected chi connectivity index (χ0v) is 20.3. The number of sulfone groups is 1. The number of anilines is 1. The van der Waals surface area contributed by atoms with Gasteiger partial charge in [-0.25, -0.2) is 8.42 Å². The largest absolute Gasteiger partial charge is 0.348 e. The fourth-order valence-electron chi connectivity index (χ4n) is 3.56. The summed E-state index contributed by atoms with van der Waals surface area (Å²) >= 11 is 1.32. The summed E-state index contributed by atoms with van der Waals surface area (Å²) < 4.78 is 26.7. The number of benzene rings is 3. The molecule has 32 heavy (non-hydrogen) atoms. The Balaban J connectivity index is 2.11. The minimum Gasteiger partial charge on any atom is -0.348 e. The number of rotatable bonds is 7. The normalized spacial score (nSPS) is 12.1. The summed E-state index contributed by atoms with van der Waals surface area (Å²) in [5.41, 5.74) is 6.11. The first kappa shape index (κ1) is 23.6. The Bertz CT molecular complexity index is 1280. The summed E-state index contributed by atoms with van der Waals surface area (Å²) in [6.45, 7) is 7.99. The van der Waals surface area contributed by atoms with Gasteiger partial charge in [0.2, 0.25) is 9.84 Å². The van der Waals surface area contributed by atoms with E-state index in [-0.39, 0.29) is 9.80 Å². The highest BCUT2D eigenvalue weighted by atomic mass is 32.2. The third kappa shape index (κ3) is 5.42. The number of nitrogens with one attached hydrogen (secondary N) is 1. The molecule has 1 N–H and O–H groups in total. The molecular weight excluding hydrogens is 436 g/mol. The van der Waals surface area contributed by atoms with Gasteiger partial charge in [-0.2, -0.15) is 5.26 Å². The smallest absolute Gasteiger partial charge is 0.219 e. The fraction of sp³-hybridized carbons (Fsp3) is 0.192. The van der Waals surface area contributed by atoms with Crippen LogP contribution in [0.2, 0.25) is 0 Å². The van der Waals surface area contributed by atoms with Crippen molar-refractivity contribution in [1.29, 1.82) is 5.26 Å². The molecule has 4 nitrogen and oxygen atoms in total. The molecule has 0 aliphatic rings. The average molecular weight is 463 g/mol. The van der Waals surface area contributed by atoms with E-state index in [4.69, 9.17) is 0 Å². The van der Waals surface area contributed by atoms with E-state index in [1.54, 1.807) is 18.2 Å². The number of aryl methyl sites for hydroxylation is 4. The van der Waals surface area contributed by atoms with Crippen LogP contribution in [0.15, 0.2) is 81.6 Å². The van der Waals surface area contributed by atoms with Gasteiger partial charge < -0.3 is 5.32 Å². The van der Waals surface area contributed by atoms with Gasteiger partial charge in [0.25, 0.3) is 0 Å². The molecule has 3 aromatic carbocycles. The minimum atomic E-state index is -3.98. The SMILES string of the molecule is Cc1cccc(CS/C(Nc2c(C)cc(C)cc2C)=C(\C#N)S(=O)(=O)c2ccccc2)c1. The van der Waals surface area contributed by atoms with E-state index in [0.29, 0.717) is 10.8 Å². The lowest BCUT2D eigenvalue weighted by Crippen LogP contribution is -2.11. The van der Waals surface area contributed by atoms with Crippen molar-refractivity contribution in [2.45, 2.75) is 38.3 Å². The lowest BCUT2D eigenvalue weighted by molar-refractivity contribution is 0.603. The zero-order valence-electron chi connectivity index (χ0n) is 18.6. The van der Waals surface area contributed by atoms with Crippen molar-refractivity contribution in [3.05, 3.63) is 104 Å². The minimum absolute atomic E-state index is 0.101. The van der Waals surface area contributed by atoms with Crippen molar-refractivity contribution in [2.24, 2.45) is 0 Å². The van der Waals surface area contributed by atoms with E-state index in [1.807, 2.05) is 64.1 Å². The molecule has 0 spiro atoms. The van der Waals surface area contributed by atoms with Crippen molar-refractivity contribution < 1.29 is 8.42 Å². The van der Waals surface area contributed by atoms with Crippen LogP contribution in [0, 0.1) is 39.0 Å². The standard InChI is InChI=1S/C26H26N2O2S2/c1-18-9-8-10-22(15-18)17-31-26(28-25-20(3)13-19(2)14-21(25)4)24(16-27)32(29,30)23-11-6-5-7-12-23/h5-15,28H,17H2,1-4H3/b26-24+. The van der Waals surface area contributed by atoms with Gasteiger partial charge in [0.05, 0.1) is 4.90 Å². The molecule has 0 saturated heterocycles. The molecule has 0 aromatic heterocycles. The first-order valence-corrected chi connectivity index (χ1v) is 12.7. The van der Waals surface area contributed by atoms with Crippen LogP contribution in [-0.2, 0) is 15.6 Å². The third-order valence-corrected chi connectivity index (χ3v) is 7.94. The molecule has 0 aliphatic heterocycles. The molecular formula is C26H26N2O2S2. The van der Waals surface area contributed by atoms with Crippen LogP contribution in [-0.4, -0.2) is 8.42 Å². The molecule has 0 amide bonds. The van der Waals surface area contributed by atoms with Gasteiger partial charge in [0, 0.05) is 11.4 Å². The maximum atomic E-state index is 13.4. The van der Waals surface area contributed by atoms with Crippen molar-refractivity contribution in [1.82, 2.24) is 0 Å². The molecule has 3 aromatic rings. The molecule has 0 fully saturated rings. The predicted molar refractivity (Wildman–Crippen MR) is 133 cm³/mol. The summed E-state index contributed by atoms with van der Waals surface area (Å²) in [4.78, 5) is -0.176. The van der Waals surface area contributed by atoms with E-state index in [2.05, 4.69) is 11.4 Å². The van der Waals surface area contributed by atoms with Gasteiger partial charge in [-0.15, -0.1) is 11.8 Å². The van der Waals surface area contributed by atoms with E-state index in [0.717, 1.165) is 33.5 Å². The molecule has 164 valence electrons. The van der Waals surface area contributed by atoms with Gasteiger partial charge in [-0.05, 0) is 56.5 Å². The summed E-state index contributed by atoms with van der Waals surface area (Å²) in [6.07, 6.45) is 0. The van der Waals surface area contributed by atoms with Crippen molar-refractivity contribution in [3.8, 4) is 6.07 Å². The van der Waals surface area contributed by atoms with Gasteiger partial charge in [0.15, 0.2) is 4.91 Å². The van der Waals surface area contributed by atoms with E-state index in [9.17, 15) is 13.7 Å². The second-order valence-corrected chi connectivity index (χ2v) is 10.6. The van der Waals surface area contributed by atoms with E-state index < -0.39 is 9.84 Å². The second kappa shape index (κ2) is 10.1. The summed E-state index contributed by atoms with van der Waals surface area (Å²) in [6, 6.07) is 22.2. The monoisotopic (exact) mass is 462 g/mol. The molecule has 0 bridgehead atoms. The Hall–Kier alpha value is -3.01. The van der Waals surface area contributed by atoms with Gasteiger partial charge in [0.1, 0.15) is 11.1 Å². The Morgan fingerprint density at radius 3 is 2.16 bits per heavy atom. The van der Waals surface area contributed by atoms with Crippen LogP contribution in [0.25, 0.3) is 0 Å².